The van der Waals surface area contributed by atoms with Crippen molar-refractivity contribution in [1.82, 2.24) is 24.4 Å². The van der Waals surface area contributed by atoms with Crippen LogP contribution in [-0.4, -0.2) is 71.8 Å². The second-order valence-corrected chi connectivity index (χ2v) is 15.1. The molecule has 1 unspecified atom stereocenters. The average Bonchev–Trinajstić information content (AvgIpc) is 2.97. The number of anilines is 1. The molecule has 1 aliphatic rings. The highest BCUT2D eigenvalue weighted by molar-refractivity contribution is 7.84. The molecule has 0 bridgehead atoms. The number of aromatic nitrogens is 4. The molecule has 10 nitrogen and oxygen atoms in total. The first kappa shape index (κ1) is 34.4. The first-order chi connectivity index (χ1) is 22.0. The van der Waals surface area contributed by atoms with Gasteiger partial charge in [0.05, 0.1) is 48.7 Å². The third kappa shape index (κ3) is 6.62. The molecule has 1 amide bonds. The number of halogens is 2. The fourth-order valence-electron chi connectivity index (χ4n) is 5.96. The minimum Gasteiger partial charge on any atom is -0.444 e. The summed E-state index contributed by atoms with van der Waals surface area (Å²) in [5.74, 6) is -0.359. The van der Waals surface area contributed by atoms with Crippen LogP contribution < -0.4 is 10.6 Å². The van der Waals surface area contributed by atoms with Gasteiger partial charge in [-0.2, -0.15) is 4.98 Å². The summed E-state index contributed by atoms with van der Waals surface area (Å²) < 4.78 is 35.3. The van der Waals surface area contributed by atoms with Crippen molar-refractivity contribution in [1.29, 1.82) is 0 Å². The molecule has 3 aromatic heterocycles. The van der Waals surface area contributed by atoms with Gasteiger partial charge in [-0.05, 0) is 77.3 Å². The van der Waals surface area contributed by atoms with Crippen molar-refractivity contribution >= 4 is 45.3 Å². The summed E-state index contributed by atoms with van der Waals surface area (Å²) in [6.07, 6.45) is 2.73. The van der Waals surface area contributed by atoms with Crippen molar-refractivity contribution in [3.63, 3.8) is 0 Å². The minimum absolute atomic E-state index is 0.00227. The van der Waals surface area contributed by atoms with Gasteiger partial charge in [0.25, 0.3) is 0 Å². The normalized spacial score (nSPS) is 17.8. The van der Waals surface area contributed by atoms with Gasteiger partial charge < -0.3 is 14.5 Å². The summed E-state index contributed by atoms with van der Waals surface area (Å²) >= 11 is 6.90. The maximum Gasteiger partial charge on any atom is 0.410 e. The largest absolute Gasteiger partial charge is 0.444 e. The van der Waals surface area contributed by atoms with E-state index in [2.05, 4.69) is 9.97 Å². The molecular formula is C34H40ClFN6O4S. The molecule has 4 aromatic rings. The van der Waals surface area contributed by atoms with Gasteiger partial charge in [0, 0.05) is 37.6 Å². The van der Waals surface area contributed by atoms with Crippen LogP contribution in [0, 0.1) is 12.7 Å². The topological polar surface area (TPSA) is 111 Å². The Bertz CT molecular complexity index is 1960. The summed E-state index contributed by atoms with van der Waals surface area (Å²) in [5, 5.41) is 0.555. The van der Waals surface area contributed by atoms with Crippen LogP contribution in [0.15, 0.2) is 46.2 Å². The van der Waals surface area contributed by atoms with E-state index in [1.165, 1.54) is 23.0 Å². The highest BCUT2D eigenvalue weighted by atomic mass is 35.5. The Morgan fingerprint density at radius 1 is 1.13 bits per heavy atom. The SMILES string of the molecule is Cc1ccnc(C(C)C)c1-n1c(=O)nc(N2C[C@@H](C)N(C(=O)OC(C)(C)C)C[C@@H]2C)c2cc(Cl)c(-c3c(F)cccc3S(C)=O)nc21. The number of hydrogen-bond acceptors (Lipinski definition) is 8. The van der Waals surface area contributed by atoms with Crippen LogP contribution >= 0.6 is 11.6 Å². The number of ether oxygens (including phenoxy) is 1. The van der Waals surface area contributed by atoms with Crippen molar-refractivity contribution in [3.8, 4) is 16.9 Å². The molecule has 47 heavy (non-hydrogen) atoms. The van der Waals surface area contributed by atoms with Crippen molar-refractivity contribution in [3.05, 3.63) is 69.1 Å². The highest BCUT2D eigenvalue weighted by Crippen LogP contribution is 2.38. The Balaban J connectivity index is 1.79. The molecule has 0 radical (unpaired) electrons. The average molecular weight is 683 g/mol. The summed E-state index contributed by atoms with van der Waals surface area (Å²) in [6, 6.07) is 7.19. The maximum atomic E-state index is 15.5. The van der Waals surface area contributed by atoms with Crippen LogP contribution in [0.25, 0.3) is 28.0 Å². The van der Waals surface area contributed by atoms with Crippen molar-refractivity contribution in [2.24, 2.45) is 0 Å². The van der Waals surface area contributed by atoms with Gasteiger partial charge in [-0.25, -0.2) is 23.5 Å². The zero-order chi connectivity index (χ0) is 34.5. The number of aryl methyl sites for hydroxylation is 1. The zero-order valence-electron chi connectivity index (χ0n) is 28.1. The lowest BCUT2D eigenvalue weighted by Crippen LogP contribution is -2.59. The number of hydrogen-bond donors (Lipinski definition) is 0. The number of fused-ring (bicyclic) bond motifs is 1. The van der Waals surface area contributed by atoms with E-state index in [0.717, 1.165) is 5.56 Å². The molecule has 0 saturated carbocycles. The van der Waals surface area contributed by atoms with Crippen molar-refractivity contribution in [2.75, 3.05) is 24.2 Å². The fraction of sp³-hybridized carbons (Fsp3) is 0.441. The minimum atomic E-state index is -1.56. The standard InChI is InChI=1S/C34H40ClFN6O4S/c1-18(2)27-29(19(3)13-14-37-27)42-31-22(15-23(35)28(38-31)26-24(36)11-10-12-25(26)47(9)45)30(39-32(42)43)40-16-21(5)41(17-20(40)4)33(44)46-34(6,7)8/h10-15,18,20-21H,16-17H2,1-9H3/t20-,21+,47?/m0/s1. The van der Waals surface area contributed by atoms with Crippen LogP contribution in [-0.2, 0) is 15.5 Å². The highest BCUT2D eigenvalue weighted by Gasteiger charge is 2.36. The van der Waals surface area contributed by atoms with Gasteiger partial charge >= 0.3 is 11.8 Å². The third-order valence-electron chi connectivity index (χ3n) is 8.13. The van der Waals surface area contributed by atoms with Crippen molar-refractivity contribution in [2.45, 2.75) is 83.9 Å². The molecule has 0 spiro atoms. The number of amides is 1. The molecule has 1 aromatic carbocycles. The van der Waals surface area contributed by atoms with E-state index in [0.29, 0.717) is 35.7 Å². The van der Waals surface area contributed by atoms with E-state index in [-0.39, 0.29) is 44.8 Å². The van der Waals surface area contributed by atoms with Crippen LogP contribution in [0.5, 0.6) is 0 Å². The van der Waals surface area contributed by atoms with E-state index < -0.39 is 34.0 Å². The molecule has 3 atom stereocenters. The van der Waals surface area contributed by atoms with Crippen LogP contribution in [0.3, 0.4) is 0 Å². The molecular weight excluding hydrogens is 643 g/mol. The number of pyridine rings is 2. The van der Waals surface area contributed by atoms with Gasteiger partial charge in [0.1, 0.15) is 17.2 Å². The van der Waals surface area contributed by atoms with Gasteiger partial charge in [0.2, 0.25) is 0 Å². The third-order valence-corrected chi connectivity index (χ3v) is 9.38. The van der Waals surface area contributed by atoms with Gasteiger partial charge in [0.15, 0.2) is 5.65 Å². The summed E-state index contributed by atoms with van der Waals surface area (Å²) in [5.41, 5.74) is 0.956. The second-order valence-electron chi connectivity index (χ2n) is 13.3. The summed E-state index contributed by atoms with van der Waals surface area (Å²) in [7, 11) is -1.56. The first-order valence-corrected chi connectivity index (χ1v) is 17.4. The number of benzene rings is 1. The predicted octanol–water partition coefficient (Wildman–Crippen LogP) is 6.64. The smallest absolute Gasteiger partial charge is 0.410 e. The summed E-state index contributed by atoms with van der Waals surface area (Å²) in [4.78, 5) is 45.2. The quantitative estimate of drug-likeness (QED) is 0.231. The fourth-order valence-corrected chi connectivity index (χ4v) is 6.95. The molecule has 1 fully saturated rings. The number of piperazine rings is 1. The molecule has 0 aliphatic carbocycles. The van der Waals surface area contributed by atoms with E-state index in [9.17, 15) is 13.8 Å². The van der Waals surface area contributed by atoms with Crippen LogP contribution in [0.4, 0.5) is 15.0 Å². The van der Waals surface area contributed by atoms with Crippen molar-refractivity contribution < 1.29 is 18.1 Å². The van der Waals surface area contributed by atoms with E-state index in [1.54, 1.807) is 29.3 Å². The predicted molar refractivity (Wildman–Crippen MR) is 184 cm³/mol. The Morgan fingerprint density at radius 3 is 2.47 bits per heavy atom. The lowest BCUT2D eigenvalue weighted by Gasteiger charge is -2.44. The molecule has 1 aliphatic heterocycles. The van der Waals surface area contributed by atoms with Gasteiger partial charge in [-0.15, -0.1) is 0 Å². The zero-order valence-corrected chi connectivity index (χ0v) is 29.7. The first-order valence-electron chi connectivity index (χ1n) is 15.5. The van der Waals surface area contributed by atoms with Gasteiger partial charge in [-0.1, -0.05) is 31.5 Å². The lowest BCUT2D eigenvalue weighted by atomic mass is 10.0. The number of carbonyl (C=O) groups is 1. The molecule has 4 heterocycles. The van der Waals surface area contributed by atoms with E-state index >= 15 is 4.39 Å². The molecule has 5 rings (SSSR count). The Morgan fingerprint density at radius 2 is 1.83 bits per heavy atom. The Labute approximate surface area is 281 Å². The number of carbonyl (C=O) groups excluding carboxylic acids is 1. The van der Waals surface area contributed by atoms with E-state index in [1.807, 2.05) is 60.3 Å². The monoisotopic (exact) mass is 682 g/mol. The van der Waals surface area contributed by atoms with Crippen LogP contribution in [0.2, 0.25) is 5.02 Å². The summed E-state index contributed by atoms with van der Waals surface area (Å²) in [6.45, 7) is 15.8. The Hall–Kier alpha value is -3.90. The number of rotatable bonds is 5. The van der Waals surface area contributed by atoms with Crippen LogP contribution in [0.1, 0.15) is 65.6 Å². The maximum absolute atomic E-state index is 15.5. The number of nitrogens with zero attached hydrogens (tertiary/aromatic N) is 6. The van der Waals surface area contributed by atoms with Gasteiger partial charge in [-0.3, -0.25) is 9.19 Å². The molecule has 250 valence electrons. The molecule has 1 saturated heterocycles. The van der Waals surface area contributed by atoms with E-state index in [4.69, 9.17) is 21.3 Å². The Kier molecular flexibility index (Phi) is 9.49. The molecule has 0 N–H and O–H groups in total. The second kappa shape index (κ2) is 13.0. The lowest BCUT2D eigenvalue weighted by molar-refractivity contribution is 0.0130. The molecule has 13 heteroatoms.